The van der Waals surface area contributed by atoms with Gasteiger partial charge in [-0.1, -0.05) is 24.3 Å². The molecule has 4 aliphatic rings. The molecule has 3 aliphatic carbocycles. The van der Waals surface area contributed by atoms with E-state index in [9.17, 15) is 44.4 Å². The number of Topliss-reactive ketones (excluding diaryl/α,β-unsaturated/α-hetero) is 1. The highest BCUT2D eigenvalue weighted by molar-refractivity contribution is 6.30. The molecule has 1 saturated heterocycles. The quantitative estimate of drug-likeness (QED) is 0.125. The second-order valence-electron chi connectivity index (χ2n) is 16.2. The number of hydrogen-bond acceptors (Lipinski definition) is 14. The van der Waals surface area contributed by atoms with E-state index in [4.69, 9.17) is 23.4 Å². The lowest BCUT2D eigenvalue weighted by molar-refractivity contribution is -0.246. The molecular formula is C45H42N2O14. The number of methoxy groups -OCH3 is 1. The molecule has 5 N–H and O–H groups in total. The number of nitrogens with one attached hydrogen (secondary N) is 1. The topological polar surface area (TPSA) is 233 Å². The summed E-state index contributed by atoms with van der Waals surface area (Å²) in [5, 5.41) is 46.5. The number of ether oxygens (including phenoxy) is 4. The number of aromatic hydroxyl groups is 2. The maximum Gasteiger partial charge on any atom is 0.420 e. The fourth-order valence-electron chi connectivity index (χ4n) is 9.35. The van der Waals surface area contributed by atoms with Gasteiger partial charge < -0.3 is 49.1 Å². The Morgan fingerprint density at radius 2 is 1.77 bits per heavy atom. The molecular weight excluding hydrogens is 792 g/mol. The summed E-state index contributed by atoms with van der Waals surface area (Å²) in [5.74, 6) is -3.73. The van der Waals surface area contributed by atoms with Crippen LogP contribution >= 0.6 is 0 Å². The van der Waals surface area contributed by atoms with Crippen molar-refractivity contribution in [3.63, 3.8) is 0 Å². The number of aliphatic hydroxyl groups excluding tert-OH is 2. The number of aromatic nitrogens is 1. The van der Waals surface area contributed by atoms with Crippen molar-refractivity contribution in [1.82, 2.24) is 9.88 Å². The van der Waals surface area contributed by atoms with E-state index in [0.29, 0.717) is 28.6 Å². The SMILES string of the molecule is COc1cccc2c1C(=O)c1c(cc3c(c1O)[C@H](O[C@@H]1C[C@@H](NC(=O)COc4ccc(Cn5c(=O)oc6ccc(C)cc65)cc4O)[C@@H](O)[C@@H](C)O1)C[C@]1(C(=O)CO)CC31)C2=O. The number of amides is 1. The lowest BCUT2D eigenvalue weighted by Crippen LogP contribution is -2.56. The number of nitrogens with zero attached hydrogens (tertiary/aromatic N) is 1. The van der Waals surface area contributed by atoms with Gasteiger partial charge in [-0.3, -0.25) is 23.7 Å². The molecule has 5 aromatic rings. The molecule has 61 heavy (non-hydrogen) atoms. The largest absolute Gasteiger partial charge is 0.507 e. The molecule has 0 spiro atoms. The van der Waals surface area contributed by atoms with Crippen molar-refractivity contribution in [2.45, 2.75) is 76.2 Å². The summed E-state index contributed by atoms with van der Waals surface area (Å²) in [6.45, 7) is 2.33. The fraction of sp³-hybridized carbons (Fsp3) is 0.356. The lowest BCUT2D eigenvalue weighted by Gasteiger charge is -2.41. The second kappa shape index (κ2) is 15.0. The summed E-state index contributed by atoms with van der Waals surface area (Å²) < 4.78 is 30.3. The number of rotatable bonds is 11. The van der Waals surface area contributed by atoms with Crippen molar-refractivity contribution < 1.29 is 63.0 Å². The highest BCUT2D eigenvalue weighted by atomic mass is 16.7. The van der Waals surface area contributed by atoms with E-state index in [0.717, 1.165) is 5.56 Å². The van der Waals surface area contributed by atoms with Crippen LogP contribution in [0.15, 0.2) is 69.9 Å². The zero-order valence-electron chi connectivity index (χ0n) is 33.3. The van der Waals surface area contributed by atoms with E-state index < -0.39 is 90.0 Å². The minimum Gasteiger partial charge on any atom is -0.507 e. The Bertz CT molecular complexity index is 2740. The van der Waals surface area contributed by atoms with Crippen molar-refractivity contribution in [1.29, 1.82) is 0 Å². The molecule has 1 aromatic heterocycles. The van der Waals surface area contributed by atoms with Gasteiger partial charge in [0.25, 0.3) is 5.91 Å². The number of fused-ring (bicyclic) bond motifs is 6. The number of aryl methyl sites for hydroxylation is 1. The monoisotopic (exact) mass is 834 g/mol. The summed E-state index contributed by atoms with van der Waals surface area (Å²) in [5.41, 5.74) is 2.08. The van der Waals surface area contributed by atoms with Gasteiger partial charge in [0.05, 0.1) is 48.5 Å². The van der Waals surface area contributed by atoms with E-state index in [-0.39, 0.29) is 64.5 Å². The summed E-state index contributed by atoms with van der Waals surface area (Å²) in [6.07, 6.45) is -3.95. The van der Waals surface area contributed by atoms with Crippen LogP contribution in [0.4, 0.5) is 0 Å². The molecule has 16 heteroatoms. The van der Waals surface area contributed by atoms with Crippen LogP contribution in [0.5, 0.6) is 23.0 Å². The Labute approximate surface area is 347 Å². The zero-order valence-corrected chi connectivity index (χ0v) is 33.3. The molecule has 0 radical (unpaired) electrons. The Balaban J connectivity index is 0.915. The Morgan fingerprint density at radius 3 is 2.52 bits per heavy atom. The molecule has 16 nitrogen and oxygen atoms in total. The molecule has 1 saturated carbocycles. The van der Waals surface area contributed by atoms with Gasteiger partial charge in [0, 0.05) is 28.5 Å². The minimum absolute atomic E-state index is 0.00561. The molecule has 1 aliphatic heterocycles. The molecule has 1 unspecified atom stereocenters. The van der Waals surface area contributed by atoms with Crippen molar-refractivity contribution in [2.24, 2.45) is 5.41 Å². The average molecular weight is 835 g/mol. The van der Waals surface area contributed by atoms with Crippen LogP contribution in [-0.2, 0) is 25.6 Å². The zero-order chi connectivity index (χ0) is 43.1. The molecule has 1 amide bonds. The van der Waals surface area contributed by atoms with Crippen LogP contribution in [0.2, 0.25) is 0 Å². The molecule has 2 fully saturated rings. The number of benzene rings is 4. The number of phenols is 2. The number of carbonyl (C=O) groups is 4. The van der Waals surface area contributed by atoms with Gasteiger partial charge in [0.2, 0.25) is 5.78 Å². The number of aliphatic hydroxyl groups is 2. The number of carbonyl (C=O) groups excluding carboxylic acids is 4. The standard InChI is InChI=1S/C45H42N2O14/c1-20-7-9-30-28(11-20)47(44(56)61-30)17-22-8-10-31(29(49)12-22)58-19-35(51)46-27-14-36(59-21(2)40(27)52)60-33-16-45(34(50)18-48)15-26(45)24-13-25-39(43(55)38(24)33)42(54)37-23(41(25)53)5-4-6-32(37)57-3/h4-13,21,26-27,33,36,40,48-49,52,55H,14-19H2,1-3H3,(H,46,51)/t21-,26?,27-,33-,36-,40+,45-/m1/s1. The number of phenolic OH excluding ortho intramolecular Hbond substituents is 2. The molecule has 316 valence electrons. The van der Waals surface area contributed by atoms with Crippen LogP contribution in [0.1, 0.15) is 92.3 Å². The Hall–Kier alpha value is -6.33. The average Bonchev–Trinajstić information content (AvgIpc) is 3.91. The van der Waals surface area contributed by atoms with E-state index in [1.165, 1.54) is 35.9 Å². The van der Waals surface area contributed by atoms with Gasteiger partial charge in [-0.25, -0.2) is 4.79 Å². The van der Waals surface area contributed by atoms with Gasteiger partial charge in [-0.2, -0.15) is 0 Å². The van der Waals surface area contributed by atoms with Gasteiger partial charge >= 0.3 is 5.76 Å². The number of oxazole rings is 1. The molecule has 0 bridgehead atoms. The normalized spacial score (nSPS) is 24.9. The van der Waals surface area contributed by atoms with Crippen molar-refractivity contribution >= 4 is 34.4 Å². The number of hydrogen-bond donors (Lipinski definition) is 5. The predicted octanol–water partition coefficient (Wildman–Crippen LogP) is 3.70. The molecule has 9 rings (SSSR count). The molecule has 2 heterocycles. The highest BCUT2D eigenvalue weighted by Gasteiger charge is 2.65. The summed E-state index contributed by atoms with van der Waals surface area (Å²) in [7, 11) is 1.37. The summed E-state index contributed by atoms with van der Waals surface area (Å²) in [4.78, 5) is 66.9. The van der Waals surface area contributed by atoms with Crippen molar-refractivity contribution in [2.75, 3.05) is 20.3 Å². The highest BCUT2D eigenvalue weighted by Crippen LogP contribution is 2.70. The van der Waals surface area contributed by atoms with Gasteiger partial charge in [0.1, 0.15) is 24.2 Å². The lowest BCUT2D eigenvalue weighted by atomic mass is 9.74. The van der Waals surface area contributed by atoms with E-state index >= 15 is 0 Å². The first-order chi connectivity index (χ1) is 29.2. The molecule has 4 aromatic carbocycles. The minimum atomic E-state index is -1.18. The first-order valence-electron chi connectivity index (χ1n) is 19.9. The van der Waals surface area contributed by atoms with Gasteiger partial charge in [-0.05, 0) is 85.7 Å². The van der Waals surface area contributed by atoms with E-state index in [1.54, 1.807) is 31.2 Å². The van der Waals surface area contributed by atoms with E-state index in [1.807, 2.05) is 19.1 Å². The smallest absolute Gasteiger partial charge is 0.420 e. The molecule has 7 atom stereocenters. The maximum atomic E-state index is 14.0. The van der Waals surface area contributed by atoms with Crippen molar-refractivity contribution in [3.05, 3.63) is 116 Å². The van der Waals surface area contributed by atoms with E-state index in [2.05, 4.69) is 5.32 Å². The second-order valence-corrected chi connectivity index (χ2v) is 16.2. The van der Waals surface area contributed by atoms with Crippen LogP contribution in [0.25, 0.3) is 11.1 Å². The third kappa shape index (κ3) is 6.66. The van der Waals surface area contributed by atoms with Crippen LogP contribution in [0.3, 0.4) is 0 Å². The van der Waals surface area contributed by atoms with Crippen LogP contribution in [0, 0.1) is 12.3 Å². The fourth-order valence-corrected chi connectivity index (χ4v) is 9.35. The Morgan fingerprint density at radius 1 is 0.967 bits per heavy atom. The van der Waals surface area contributed by atoms with Gasteiger partial charge in [0.15, 0.2) is 41.5 Å². The third-order valence-corrected chi connectivity index (χ3v) is 12.5. The Kier molecular flexibility index (Phi) is 9.85. The van der Waals surface area contributed by atoms with Crippen molar-refractivity contribution in [3.8, 4) is 23.0 Å². The first-order valence-corrected chi connectivity index (χ1v) is 19.9. The maximum absolute atomic E-state index is 14.0. The third-order valence-electron chi connectivity index (χ3n) is 12.5. The van der Waals surface area contributed by atoms with Crippen LogP contribution < -0.4 is 20.5 Å². The first kappa shape index (κ1) is 40.1. The van der Waals surface area contributed by atoms with Crippen LogP contribution in [-0.4, -0.2) is 93.1 Å². The summed E-state index contributed by atoms with van der Waals surface area (Å²) >= 11 is 0. The van der Waals surface area contributed by atoms with Gasteiger partial charge in [-0.15, -0.1) is 0 Å². The predicted molar refractivity (Wildman–Crippen MR) is 213 cm³/mol. The summed E-state index contributed by atoms with van der Waals surface area (Å²) in [6, 6.07) is 15.2. The number of ketones is 3.